The molecule has 2 aliphatic rings. The molecule has 0 spiro atoms. The summed E-state index contributed by atoms with van der Waals surface area (Å²) in [5.74, 6) is 0.870. The zero-order valence-corrected chi connectivity index (χ0v) is 10.5. The molecule has 5 heteroatoms. The third-order valence-corrected chi connectivity index (χ3v) is 3.36. The lowest BCUT2D eigenvalue weighted by atomic mass is 10.1. The van der Waals surface area contributed by atoms with Crippen molar-refractivity contribution in [2.24, 2.45) is 5.92 Å². The van der Waals surface area contributed by atoms with Crippen molar-refractivity contribution in [1.29, 1.82) is 0 Å². The van der Waals surface area contributed by atoms with Gasteiger partial charge in [0.25, 0.3) is 0 Å². The number of ether oxygens (including phenoxy) is 3. The van der Waals surface area contributed by atoms with Gasteiger partial charge in [0.2, 0.25) is 5.78 Å². The topological polar surface area (TPSA) is 61.8 Å². The van der Waals surface area contributed by atoms with Gasteiger partial charge in [0.15, 0.2) is 12.7 Å². The number of carbonyl (C=O) groups excluding carboxylic acids is 2. The maximum Gasteiger partial charge on any atom is 0.347 e. The number of rotatable bonds is 4. The Balaban J connectivity index is 1.79. The molecule has 0 N–H and O–H groups in total. The summed E-state index contributed by atoms with van der Waals surface area (Å²) >= 11 is 0. The van der Waals surface area contributed by atoms with Gasteiger partial charge in [-0.15, -0.1) is 0 Å². The van der Waals surface area contributed by atoms with E-state index in [0.717, 1.165) is 12.8 Å². The lowest BCUT2D eigenvalue weighted by Gasteiger charge is -2.16. The molecule has 0 aromatic heterocycles. The third-order valence-electron chi connectivity index (χ3n) is 3.36. The van der Waals surface area contributed by atoms with E-state index in [4.69, 9.17) is 14.2 Å². The summed E-state index contributed by atoms with van der Waals surface area (Å²) in [4.78, 5) is 23.1. The normalized spacial score (nSPS) is 18.5. The van der Waals surface area contributed by atoms with Crippen LogP contribution in [0.25, 0.3) is 0 Å². The first kappa shape index (κ1) is 12.0. The van der Waals surface area contributed by atoms with E-state index in [1.165, 1.54) is 7.11 Å². The van der Waals surface area contributed by atoms with Crippen molar-refractivity contribution in [1.82, 2.24) is 0 Å². The van der Waals surface area contributed by atoms with Gasteiger partial charge in [-0.3, -0.25) is 4.79 Å². The third kappa shape index (κ3) is 2.28. The molecule has 1 aliphatic heterocycles. The lowest BCUT2D eigenvalue weighted by molar-refractivity contribution is -0.149. The number of benzene rings is 1. The molecule has 1 aromatic carbocycles. The number of fused-ring (bicyclic) bond motifs is 1. The summed E-state index contributed by atoms with van der Waals surface area (Å²) in [5.41, 5.74) is 0.563. The van der Waals surface area contributed by atoms with E-state index in [1.54, 1.807) is 18.2 Å². The Labute approximate surface area is 110 Å². The minimum atomic E-state index is -0.569. The highest BCUT2D eigenvalue weighted by Gasteiger charge is 2.39. The van der Waals surface area contributed by atoms with Crippen LogP contribution >= 0.6 is 0 Å². The first-order valence-corrected chi connectivity index (χ1v) is 6.23. The Morgan fingerprint density at radius 3 is 2.89 bits per heavy atom. The van der Waals surface area contributed by atoms with Gasteiger partial charge in [0.1, 0.15) is 11.5 Å². The van der Waals surface area contributed by atoms with E-state index in [-0.39, 0.29) is 24.3 Å². The molecule has 0 saturated heterocycles. The van der Waals surface area contributed by atoms with Gasteiger partial charge >= 0.3 is 5.97 Å². The summed E-state index contributed by atoms with van der Waals surface area (Å²) in [6.45, 7) is 0.0713. The van der Waals surface area contributed by atoms with E-state index in [1.807, 2.05) is 0 Å². The predicted molar refractivity (Wildman–Crippen MR) is 65.4 cm³/mol. The van der Waals surface area contributed by atoms with Crippen molar-refractivity contribution in [3.8, 4) is 11.5 Å². The molecule has 1 saturated carbocycles. The lowest BCUT2D eigenvalue weighted by Crippen LogP contribution is -2.30. The Kier molecular flexibility index (Phi) is 2.89. The van der Waals surface area contributed by atoms with Crippen LogP contribution in [-0.4, -0.2) is 31.6 Å². The molecule has 5 nitrogen and oxygen atoms in total. The van der Waals surface area contributed by atoms with Crippen molar-refractivity contribution < 1.29 is 23.8 Å². The summed E-state index contributed by atoms with van der Waals surface area (Å²) in [7, 11) is 1.35. The number of esters is 1. The van der Waals surface area contributed by atoms with Gasteiger partial charge in [-0.1, -0.05) is 0 Å². The van der Waals surface area contributed by atoms with E-state index < -0.39 is 6.10 Å². The van der Waals surface area contributed by atoms with Crippen LogP contribution in [0.4, 0.5) is 0 Å². The molecule has 19 heavy (non-hydrogen) atoms. The fraction of sp³-hybridized carbons (Fsp3) is 0.429. The fourth-order valence-corrected chi connectivity index (χ4v) is 2.15. The van der Waals surface area contributed by atoms with Crippen LogP contribution in [0, 0.1) is 5.92 Å². The zero-order chi connectivity index (χ0) is 13.4. The highest BCUT2D eigenvalue weighted by Crippen LogP contribution is 2.37. The number of carbonyl (C=O) groups is 2. The summed E-state index contributed by atoms with van der Waals surface area (Å²) in [5, 5.41) is 0. The number of hydrogen-bond donors (Lipinski definition) is 0. The van der Waals surface area contributed by atoms with Gasteiger partial charge in [-0.2, -0.15) is 0 Å². The van der Waals surface area contributed by atoms with Crippen molar-refractivity contribution >= 4 is 11.8 Å². The van der Waals surface area contributed by atoms with Crippen LogP contribution in [0.5, 0.6) is 11.5 Å². The fourth-order valence-electron chi connectivity index (χ4n) is 2.15. The molecule has 0 bridgehead atoms. The second-order valence-electron chi connectivity index (χ2n) is 4.77. The average molecular weight is 262 g/mol. The predicted octanol–water partition coefficient (Wildman–Crippen LogP) is 1.59. The highest BCUT2D eigenvalue weighted by molar-refractivity contribution is 6.02. The minimum absolute atomic E-state index is 0.0340. The highest BCUT2D eigenvalue weighted by atomic mass is 16.6. The number of Topliss-reactive ketones (excluding diaryl/α,β-unsaturated/α-hetero) is 1. The van der Waals surface area contributed by atoms with Crippen LogP contribution < -0.4 is 9.47 Å². The molecule has 100 valence electrons. The maximum atomic E-state index is 11.7. The summed E-state index contributed by atoms with van der Waals surface area (Å²) in [6, 6.07) is 5.00. The van der Waals surface area contributed by atoms with E-state index in [9.17, 15) is 9.59 Å². The molecular formula is C14H14O5. The van der Waals surface area contributed by atoms with Crippen LogP contribution in [0.2, 0.25) is 0 Å². The Hall–Kier alpha value is -2.04. The molecule has 1 aromatic rings. The van der Waals surface area contributed by atoms with Crippen molar-refractivity contribution in [2.45, 2.75) is 18.9 Å². The molecule has 1 atom stereocenters. The molecule has 1 heterocycles. The van der Waals surface area contributed by atoms with Gasteiger partial charge in [0, 0.05) is 12.0 Å². The Morgan fingerprint density at radius 1 is 1.42 bits per heavy atom. The van der Waals surface area contributed by atoms with E-state index in [0.29, 0.717) is 17.1 Å². The largest absolute Gasteiger partial charge is 0.485 e. The first-order chi connectivity index (χ1) is 9.19. The van der Waals surface area contributed by atoms with Gasteiger partial charge in [-0.05, 0) is 25.0 Å². The molecule has 1 aliphatic carbocycles. The van der Waals surface area contributed by atoms with E-state index in [2.05, 4.69) is 0 Å². The molecule has 0 radical (unpaired) electrons. The molecular weight excluding hydrogens is 248 g/mol. The minimum Gasteiger partial charge on any atom is -0.485 e. The molecule has 0 amide bonds. The summed E-state index contributed by atoms with van der Waals surface area (Å²) in [6.07, 6.45) is 1.37. The van der Waals surface area contributed by atoms with Crippen LogP contribution in [-0.2, 0) is 9.53 Å². The Bertz CT molecular complexity index is 533. The monoisotopic (exact) mass is 262 g/mol. The smallest absolute Gasteiger partial charge is 0.347 e. The van der Waals surface area contributed by atoms with Gasteiger partial charge in [0.05, 0.1) is 12.7 Å². The van der Waals surface area contributed by atoms with Crippen LogP contribution in [0.1, 0.15) is 23.2 Å². The number of methoxy groups -OCH3 is 1. The SMILES string of the molecule is COC(=O)C(Oc1ccc2c(c1)OCC2=O)C1CC1. The van der Waals surface area contributed by atoms with Gasteiger partial charge in [-0.25, -0.2) is 4.79 Å². The van der Waals surface area contributed by atoms with E-state index >= 15 is 0 Å². The van der Waals surface area contributed by atoms with Crippen molar-refractivity contribution in [3.05, 3.63) is 23.8 Å². The van der Waals surface area contributed by atoms with Crippen LogP contribution in [0.15, 0.2) is 18.2 Å². The molecule has 1 unspecified atom stereocenters. The van der Waals surface area contributed by atoms with Crippen LogP contribution in [0.3, 0.4) is 0 Å². The second kappa shape index (κ2) is 4.57. The zero-order valence-electron chi connectivity index (χ0n) is 10.5. The quantitative estimate of drug-likeness (QED) is 0.771. The second-order valence-corrected chi connectivity index (χ2v) is 4.77. The average Bonchev–Trinajstić information content (AvgIpc) is 3.20. The molecule has 1 fully saturated rings. The number of hydrogen-bond acceptors (Lipinski definition) is 5. The number of ketones is 1. The summed E-state index contributed by atoms with van der Waals surface area (Å²) < 4.78 is 15.7. The maximum absolute atomic E-state index is 11.7. The van der Waals surface area contributed by atoms with Gasteiger partial charge < -0.3 is 14.2 Å². The standard InChI is InChI=1S/C14H14O5/c1-17-14(16)13(8-2-3-8)19-9-4-5-10-11(15)7-18-12(10)6-9/h4-6,8,13H,2-3,7H2,1H3. The van der Waals surface area contributed by atoms with Crippen molar-refractivity contribution in [3.63, 3.8) is 0 Å². The van der Waals surface area contributed by atoms with Crippen molar-refractivity contribution in [2.75, 3.05) is 13.7 Å². The molecule has 3 rings (SSSR count). The Morgan fingerprint density at radius 2 is 2.21 bits per heavy atom. The first-order valence-electron chi connectivity index (χ1n) is 6.23.